The quantitative estimate of drug-likeness (QED) is 0.106. The average Bonchev–Trinajstić information content (AvgIpc) is 3.95. The van der Waals surface area contributed by atoms with Gasteiger partial charge in [0.05, 0.1) is 19.5 Å². The summed E-state index contributed by atoms with van der Waals surface area (Å²) in [6.45, 7) is 16.0. The fourth-order valence-corrected chi connectivity index (χ4v) is 9.96. The molecule has 0 saturated heterocycles. The Morgan fingerprint density at radius 2 is 1.16 bits per heavy atom. The van der Waals surface area contributed by atoms with Crippen LogP contribution < -0.4 is 5.19 Å². The molecule has 4 aromatic heterocycles. The van der Waals surface area contributed by atoms with Crippen LogP contribution in [0.1, 0.15) is 50.7 Å². The minimum absolute atomic E-state index is 0. The van der Waals surface area contributed by atoms with Crippen LogP contribution in [0.4, 0.5) is 0 Å². The largest absolute Gasteiger partial charge is 0.501 e. The van der Waals surface area contributed by atoms with E-state index in [0.29, 0.717) is 17.1 Å². The van der Waals surface area contributed by atoms with Gasteiger partial charge in [-0.2, -0.15) is 0 Å². The average molecular weight is 1090 g/mol. The Morgan fingerprint density at radius 3 is 1.77 bits per heavy atom. The summed E-state index contributed by atoms with van der Waals surface area (Å²) in [5, 5.41) is 3.46. The van der Waals surface area contributed by atoms with Crippen molar-refractivity contribution in [2.75, 3.05) is 0 Å². The predicted octanol–water partition coefficient (Wildman–Crippen LogP) is 15.5. The SMILES string of the molecule is CC(C)c1cc(-c2ccccc2)cc(C(C)C)c1-n1c(-c2[c-]ccc3c2oc2cc(-c4ccc(-c5ccccc5)cc4)ccc23)nc2nccnc21.C[Si](C)(C)c1ccc(-c2[c-]cccc2)nc1.[Ir]. The zero-order valence-corrected chi connectivity index (χ0v) is 43.3. The molecule has 0 unspecified atom stereocenters. The first-order valence-electron chi connectivity index (χ1n) is 23.4. The van der Waals surface area contributed by atoms with Crippen LogP contribution in [0, 0.1) is 12.1 Å². The molecule has 11 rings (SSSR count). The van der Waals surface area contributed by atoms with Crippen LogP contribution in [0.3, 0.4) is 0 Å². The van der Waals surface area contributed by atoms with Crippen molar-refractivity contribution in [2.24, 2.45) is 0 Å². The third kappa shape index (κ3) is 9.53. The van der Waals surface area contributed by atoms with Gasteiger partial charge in [-0.1, -0.05) is 167 Å². The first kappa shape index (κ1) is 47.0. The Labute approximate surface area is 419 Å². The Morgan fingerprint density at radius 1 is 0.551 bits per heavy atom. The van der Waals surface area contributed by atoms with Crippen molar-refractivity contribution in [1.29, 1.82) is 0 Å². The van der Waals surface area contributed by atoms with Gasteiger partial charge in [-0.15, -0.1) is 54.1 Å². The maximum Gasteiger partial charge on any atom is 0.188 e. The van der Waals surface area contributed by atoms with E-state index in [2.05, 4.69) is 201 Å². The van der Waals surface area contributed by atoms with Gasteiger partial charge in [0.25, 0.3) is 0 Å². The smallest absolute Gasteiger partial charge is 0.188 e. The molecular weight excluding hydrogens is 1040 g/mol. The predicted molar refractivity (Wildman–Crippen MR) is 284 cm³/mol. The van der Waals surface area contributed by atoms with Gasteiger partial charge in [-0.25, -0.2) is 9.97 Å². The third-order valence-electron chi connectivity index (χ3n) is 12.6. The minimum Gasteiger partial charge on any atom is -0.501 e. The number of rotatable bonds is 9. The molecule has 343 valence electrons. The molecule has 11 aromatic rings. The van der Waals surface area contributed by atoms with Crippen LogP contribution in [-0.2, 0) is 20.1 Å². The minimum atomic E-state index is -1.23. The molecule has 0 aliphatic carbocycles. The number of hydrogen-bond acceptors (Lipinski definition) is 5. The van der Waals surface area contributed by atoms with E-state index in [0.717, 1.165) is 55.6 Å². The molecule has 0 spiro atoms. The number of imidazole rings is 1. The van der Waals surface area contributed by atoms with Gasteiger partial charge in [0.1, 0.15) is 5.58 Å². The normalized spacial score (nSPS) is 11.6. The number of benzene rings is 7. The fraction of sp³-hybridized carbons (Fsp3) is 0.148. The molecule has 0 bridgehead atoms. The summed E-state index contributed by atoms with van der Waals surface area (Å²) in [4.78, 5) is 19.2. The monoisotopic (exact) mass is 1090 g/mol. The number of nitrogens with zero attached hydrogens (tertiary/aromatic N) is 5. The Bertz CT molecular complexity index is 3500. The first-order valence-corrected chi connectivity index (χ1v) is 26.9. The number of aromatic nitrogens is 5. The summed E-state index contributed by atoms with van der Waals surface area (Å²) < 4.78 is 8.98. The summed E-state index contributed by atoms with van der Waals surface area (Å²) in [6.07, 6.45) is 5.46. The number of fused-ring (bicyclic) bond motifs is 4. The van der Waals surface area contributed by atoms with Crippen LogP contribution in [0.2, 0.25) is 19.6 Å². The van der Waals surface area contributed by atoms with Crippen molar-refractivity contribution in [1.82, 2.24) is 24.5 Å². The molecule has 8 heteroatoms. The topological polar surface area (TPSA) is 69.6 Å². The molecule has 0 fully saturated rings. The molecule has 0 atom stereocenters. The Hall–Kier alpha value is -7.09. The van der Waals surface area contributed by atoms with Gasteiger partial charge in [-0.3, -0.25) is 4.98 Å². The zero-order chi connectivity index (χ0) is 46.9. The van der Waals surface area contributed by atoms with Crippen LogP contribution in [-0.4, -0.2) is 32.6 Å². The first-order chi connectivity index (χ1) is 33.0. The number of furan rings is 1. The number of pyridine rings is 1. The summed E-state index contributed by atoms with van der Waals surface area (Å²) in [7, 11) is -1.23. The van der Waals surface area contributed by atoms with Gasteiger partial charge in [0.2, 0.25) is 0 Å². The molecule has 0 N–H and O–H groups in total. The van der Waals surface area contributed by atoms with Crippen LogP contribution in [0.25, 0.3) is 94.9 Å². The summed E-state index contributed by atoms with van der Waals surface area (Å²) >= 11 is 0. The molecule has 6 nitrogen and oxygen atoms in total. The van der Waals surface area contributed by atoms with Gasteiger partial charge in [-0.05, 0) is 85.4 Å². The maximum absolute atomic E-state index is 6.79. The van der Waals surface area contributed by atoms with E-state index in [1.54, 1.807) is 12.4 Å². The second kappa shape index (κ2) is 19.9. The van der Waals surface area contributed by atoms with E-state index in [-0.39, 0.29) is 31.9 Å². The fourth-order valence-electron chi connectivity index (χ4n) is 8.93. The van der Waals surface area contributed by atoms with Crippen LogP contribution >= 0.6 is 0 Å². The summed E-state index contributed by atoms with van der Waals surface area (Å²) in [5.41, 5.74) is 16.2. The van der Waals surface area contributed by atoms with Crippen molar-refractivity contribution in [3.8, 4) is 61.7 Å². The molecular formula is C61H53IrN5OSi-2. The van der Waals surface area contributed by atoms with E-state index in [1.807, 2.05) is 42.6 Å². The van der Waals surface area contributed by atoms with Crippen LogP contribution in [0.15, 0.2) is 187 Å². The van der Waals surface area contributed by atoms with Crippen molar-refractivity contribution >= 4 is 46.5 Å². The van der Waals surface area contributed by atoms with Crippen LogP contribution in [0.5, 0.6) is 0 Å². The third-order valence-corrected chi connectivity index (χ3v) is 14.7. The molecule has 69 heavy (non-hydrogen) atoms. The van der Waals surface area contributed by atoms with Gasteiger partial charge < -0.3 is 14.0 Å². The van der Waals surface area contributed by atoms with Gasteiger partial charge in [0, 0.05) is 49.8 Å². The standard InChI is InChI=1S/C47H37N4O.C14H16NSi.Ir/c1-29(2)40-26-36(32-14-9-6-10-15-32)27-41(30(3)4)43(40)51-46(50-45-47(51)49-25-24-48-45)39-17-11-16-38-37-23-22-35(28-42(37)52-44(38)39)34-20-18-33(19-21-34)31-12-7-5-8-13-31;1-16(2,3)13-9-10-14(15-11-13)12-7-5-4-6-8-12;/h5-16,18-30H,1-4H3;4-7,9-11H,1-3H3;/q2*-1;. The molecule has 4 heterocycles. The zero-order valence-electron chi connectivity index (χ0n) is 40.0. The Kier molecular flexibility index (Phi) is 13.5. The van der Waals surface area contributed by atoms with Crippen molar-refractivity contribution in [3.63, 3.8) is 0 Å². The van der Waals surface area contributed by atoms with Crippen molar-refractivity contribution in [2.45, 2.75) is 59.2 Å². The second-order valence-electron chi connectivity index (χ2n) is 19.0. The summed E-state index contributed by atoms with van der Waals surface area (Å²) in [6, 6.07) is 63.9. The van der Waals surface area contributed by atoms with E-state index in [9.17, 15) is 0 Å². The molecule has 1 radical (unpaired) electrons. The molecule has 0 amide bonds. The van der Waals surface area contributed by atoms with Crippen molar-refractivity contribution < 1.29 is 24.5 Å². The van der Waals surface area contributed by atoms with E-state index < -0.39 is 8.07 Å². The van der Waals surface area contributed by atoms with E-state index in [1.165, 1.54) is 38.6 Å². The van der Waals surface area contributed by atoms with Crippen molar-refractivity contribution in [3.05, 3.63) is 206 Å². The van der Waals surface area contributed by atoms with E-state index in [4.69, 9.17) is 14.4 Å². The molecule has 0 aliphatic heterocycles. The number of hydrogen-bond donors (Lipinski definition) is 0. The summed E-state index contributed by atoms with van der Waals surface area (Å²) in [5.74, 6) is 1.16. The van der Waals surface area contributed by atoms with Gasteiger partial charge >= 0.3 is 0 Å². The molecule has 0 saturated carbocycles. The Balaban J connectivity index is 0.000000296. The second-order valence-corrected chi connectivity index (χ2v) is 24.0. The molecule has 7 aromatic carbocycles. The molecule has 0 aliphatic rings. The van der Waals surface area contributed by atoms with E-state index >= 15 is 0 Å². The van der Waals surface area contributed by atoms with Gasteiger partial charge in [0.15, 0.2) is 11.3 Å². The maximum atomic E-state index is 6.79.